The van der Waals surface area contributed by atoms with Crippen LogP contribution < -0.4 is 5.73 Å². The number of aliphatic hydroxyl groups excluding tert-OH is 2. The summed E-state index contributed by atoms with van der Waals surface area (Å²) < 4.78 is 21.2. The summed E-state index contributed by atoms with van der Waals surface area (Å²) in [5.41, 5.74) is 4.57. The fourth-order valence-electron chi connectivity index (χ4n) is 3.53. The number of ether oxygens (including phenoxy) is 1. The van der Waals surface area contributed by atoms with Crippen molar-refractivity contribution in [1.82, 2.24) is 14.5 Å². The highest BCUT2D eigenvalue weighted by Gasteiger charge is 2.52. The topological polar surface area (TPSA) is 127 Å². The lowest BCUT2D eigenvalue weighted by atomic mass is 9.86. The summed E-state index contributed by atoms with van der Waals surface area (Å²) in [6.45, 7) is 1.37. The van der Waals surface area contributed by atoms with Gasteiger partial charge in [-0.25, -0.2) is 14.4 Å². The van der Waals surface area contributed by atoms with Crippen molar-refractivity contribution in [3.8, 4) is 0 Å². The van der Waals surface area contributed by atoms with Crippen LogP contribution in [0, 0.1) is 5.82 Å². The number of aromatic nitrogens is 3. The highest BCUT2D eigenvalue weighted by atomic mass is 35.5. The lowest BCUT2D eigenvalue weighted by Crippen LogP contribution is -2.45. The first-order valence-corrected chi connectivity index (χ1v) is 8.86. The number of anilines is 1. The molecule has 1 aromatic carbocycles. The molecule has 3 heterocycles. The van der Waals surface area contributed by atoms with Gasteiger partial charge in [-0.2, -0.15) is 0 Å². The van der Waals surface area contributed by atoms with Crippen LogP contribution in [0.4, 0.5) is 10.2 Å². The minimum atomic E-state index is -1.81. The Labute approximate surface area is 164 Å². The van der Waals surface area contributed by atoms with E-state index >= 15 is 0 Å². The molecule has 0 saturated carbocycles. The Kier molecular flexibility index (Phi) is 4.52. The maximum Gasteiger partial charge on any atom is 0.164 e. The van der Waals surface area contributed by atoms with Gasteiger partial charge in [0.1, 0.15) is 47.5 Å². The average Bonchev–Trinajstić information content (AvgIpc) is 3.20. The summed E-state index contributed by atoms with van der Waals surface area (Å²) in [7, 11) is 0. The summed E-state index contributed by atoms with van der Waals surface area (Å²) in [6.07, 6.45) is -2.25. The van der Waals surface area contributed by atoms with Gasteiger partial charge in [-0.15, -0.1) is 0 Å². The first kappa shape index (κ1) is 19.0. The zero-order valence-electron chi connectivity index (χ0n) is 14.7. The fourth-order valence-corrected chi connectivity index (χ4v) is 3.64. The summed E-state index contributed by atoms with van der Waals surface area (Å²) in [5, 5.41) is 32.6. The quantitative estimate of drug-likeness (QED) is 0.515. The van der Waals surface area contributed by atoms with Gasteiger partial charge in [0.2, 0.25) is 0 Å². The second-order valence-electron chi connectivity index (χ2n) is 6.92. The molecule has 0 spiro atoms. The van der Waals surface area contributed by atoms with Crippen molar-refractivity contribution < 1.29 is 24.4 Å². The molecule has 1 aliphatic rings. The van der Waals surface area contributed by atoms with Crippen LogP contribution in [0.1, 0.15) is 18.7 Å². The van der Waals surface area contributed by atoms with E-state index in [-0.39, 0.29) is 16.4 Å². The van der Waals surface area contributed by atoms with Gasteiger partial charge in [-0.3, -0.25) is 0 Å². The van der Waals surface area contributed by atoms with Crippen LogP contribution in [0.25, 0.3) is 11.0 Å². The smallest absolute Gasteiger partial charge is 0.164 e. The Morgan fingerprint density at radius 3 is 2.71 bits per heavy atom. The number of nitrogen functional groups attached to an aromatic ring is 1. The van der Waals surface area contributed by atoms with E-state index in [2.05, 4.69) is 9.97 Å². The van der Waals surface area contributed by atoms with Crippen molar-refractivity contribution >= 4 is 28.5 Å². The van der Waals surface area contributed by atoms with Crippen molar-refractivity contribution in [2.45, 2.75) is 37.1 Å². The zero-order chi connectivity index (χ0) is 20.2. The molecule has 2 aromatic heterocycles. The van der Waals surface area contributed by atoms with Crippen LogP contribution in [0.15, 0.2) is 36.8 Å². The van der Waals surface area contributed by atoms with Crippen molar-refractivity contribution in [3.63, 3.8) is 0 Å². The number of hydrogen-bond donors (Lipinski definition) is 4. The number of benzene rings is 1. The van der Waals surface area contributed by atoms with Crippen LogP contribution in [-0.4, -0.2) is 48.2 Å². The largest absolute Gasteiger partial charge is 0.387 e. The molecule has 28 heavy (non-hydrogen) atoms. The summed E-state index contributed by atoms with van der Waals surface area (Å²) >= 11 is 5.70. The Hall–Kier alpha value is -2.30. The van der Waals surface area contributed by atoms with Gasteiger partial charge in [0.15, 0.2) is 6.23 Å². The number of hydrogen-bond acceptors (Lipinski definition) is 7. The Balaban J connectivity index is 1.71. The lowest BCUT2D eigenvalue weighted by Gasteiger charge is -2.32. The average molecular weight is 409 g/mol. The van der Waals surface area contributed by atoms with E-state index in [9.17, 15) is 19.7 Å². The lowest BCUT2D eigenvalue weighted by molar-refractivity contribution is -0.135. The Morgan fingerprint density at radius 2 is 2.00 bits per heavy atom. The number of aliphatic hydroxyl groups is 3. The van der Waals surface area contributed by atoms with Gasteiger partial charge in [0, 0.05) is 6.20 Å². The molecular weight excluding hydrogens is 391 g/mol. The summed E-state index contributed by atoms with van der Waals surface area (Å²) in [4.78, 5) is 8.05. The standard InChI is InChI=1S/C18H18ClFN4O4/c1-18(27,8-2-3-10(19)11(20)6-8)14-12(25)13(26)17(28-14)24-5-4-9-15(21)22-7-23-16(9)24/h2-7,12-14,17,25-27H,1H3,(H2,21,22,23). The third-order valence-corrected chi connectivity index (χ3v) is 5.42. The van der Waals surface area contributed by atoms with Crippen molar-refractivity contribution in [2.75, 3.05) is 5.73 Å². The van der Waals surface area contributed by atoms with E-state index in [1.54, 1.807) is 12.3 Å². The van der Waals surface area contributed by atoms with Gasteiger partial charge >= 0.3 is 0 Å². The van der Waals surface area contributed by atoms with E-state index in [0.717, 1.165) is 6.07 Å². The van der Waals surface area contributed by atoms with Gasteiger partial charge in [-0.1, -0.05) is 17.7 Å². The van der Waals surface area contributed by atoms with E-state index in [1.165, 1.54) is 30.0 Å². The highest BCUT2D eigenvalue weighted by Crippen LogP contribution is 2.41. The number of rotatable bonds is 3. The van der Waals surface area contributed by atoms with E-state index in [1.807, 2.05) is 0 Å². The maximum absolute atomic E-state index is 13.9. The van der Waals surface area contributed by atoms with Crippen LogP contribution in [0.3, 0.4) is 0 Å². The van der Waals surface area contributed by atoms with Gasteiger partial charge in [0.25, 0.3) is 0 Å². The maximum atomic E-state index is 13.9. The summed E-state index contributed by atoms with van der Waals surface area (Å²) in [5.74, 6) is -0.454. The SMILES string of the molecule is CC(O)(c1ccc(Cl)c(F)c1)C1OC(n2ccc3c(N)ncnc32)C(O)C1O. The van der Waals surface area contributed by atoms with Crippen LogP contribution in [0.5, 0.6) is 0 Å². The molecule has 0 radical (unpaired) electrons. The molecule has 4 rings (SSSR count). The number of nitrogens with zero attached hydrogens (tertiary/aromatic N) is 3. The Morgan fingerprint density at radius 1 is 1.25 bits per heavy atom. The van der Waals surface area contributed by atoms with Crippen LogP contribution >= 0.6 is 11.6 Å². The van der Waals surface area contributed by atoms with E-state index in [0.29, 0.717) is 11.0 Å². The predicted molar refractivity (Wildman–Crippen MR) is 98.8 cm³/mol. The first-order valence-electron chi connectivity index (χ1n) is 8.48. The molecule has 3 aromatic rings. The minimum Gasteiger partial charge on any atom is -0.387 e. The highest BCUT2D eigenvalue weighted by molar-refractivity contribution is 6.30. The molecule has 5 unspecified atom stereocenters. The third kappa shape index (κ3) is 2.83. The summed E-state index contributed by atoms with van der Waals surface area (Å²) in [6, 6.07) is 5.46. The van der Waals surface area contributed by atoms with Crippen molar-refractivity contribution in [2.24, 2.45) is 0 Å². The molecule has 0 amide bonds. The second-order valence-corrected chi connectivity index (χ2v) is 7.33. The molecule has 0 aliphatic carbocycles. The van der Waals surface area contributed by atoms with Gasteiger partial charge in [-0.05, 0) is 30.7 Å². The number of fused-ring (bicyclic) bond motifs is 1. The molecule has 5 N–H and O–H groups in total. The number of nitrogens with two attached hydrogens (primary N) is 1. The normalized spacial score (nSPS) is 27.2. The molecule has 10 heteroatoms. The zero-order valence-corrected chi connectivity index (χ0v) is 15.5. The number of halogens is 2. The Bertz CT molecular complexity index is 1040. The second kappa shape index (κ2) is 6.64. The van der Waals surface area contributed by atoms with Crippen LogP contribution in [0.2, 0.25) is 5.02 Å². The van der Waals surface area contributed by atoms with E-state index < -0.39 is 36.0 Å². The third-order valence-electron chi connectivity index (χ3n) is 5.11. The molecule has 1 fully saturated rings. The van der Waals surface area contributed by atoms with Crippen LogP contribution in [-0.2, 0) is 10.3 Å². The molecule has 5 atom stereocenters. The molecule has 0 bridgehead atoms. The van der Waals surface area contributed by atoms with E-state index in [4.69, 9.17) is 22.1 Å². The first-order chi connectivity index (χ1) is 13.2. The monoisotopic (exact) mass is 408 g/mol. The van der Waals surface area contributed by atoms with Gasteiger partial charge in [0.05, 0.1) is 10.4 Å². The van der Waals surface area contributed by atoms with Crippen molar-refractivity contribution in [1.29, 1.82) is 0 Å². The molecule has 1 aliphatic heterocycles. The fraction of sp³-hybridized carbons (Fsp3) is 0.333. The molecular formula is C18H18ClFN4O4. The van der Waals surface area contributed by atoms with Crippen molar-refractivity contribution in [3.05, 3.63) is 53.2 Å². The van der Waals surface area contributed by atoms with Gasteiger partial charge < -0.3 is 30.4 Å². The predicted octanol–water partition coefficient (Wildman–Crippen LogP) is 1.33. The molecule has 1 saturated heterocycles. The molecule has 8 nitrogen and oxygen atoms in total. The minimum absolute atomic E-state index is 0.0959. The molecule has 148 valence electrons.